The quantitative estimate of drug-likeness (QED) is 0.850. The van der Waals surface area contributed by atoms with Crippen LogP contribution in [0.5, 0.6) is 0 Å². The molecule has 0 bridgehead atoms. The molecule has 1 aromatic carbocycles. The number of primary amides is 1. The molecular weight excluding hydrogens is 328 g/mol. The van der Waals surface area contributed by atoms with Crippen LogP contribution in [0.15, 0.2) is 28.7 Å². The molecule has 1 unspecified atom stereocenters. The molecule has 1 fully saturated rings. The van der Waals surface area contributed by atoms with Crippen LogP contribution < -0.4 is 11.1 Å². The summed E-state index contributed by atoms with van der Waals surface area (Å²) in [6, 6.07) is 8.33. The lowest BCUT2D eigenvalue weighted by molar-refractivity contribution is -0.119. The number of carbonyl (C=O) groups excluding carboxylic acids is 1. The van der Waals surface area contributed by atoms with Crippen molar-refractivity contribution in [2.24, 2.45) is 11.1 Å². The molecule has 3 nitrogen and oxygen atoms in total. The number of nitrogens with one attached hydrogen (secondary N) is 1. The molecule has 1 aromatic rings. The topological polar surface area (TPSA) is 55.1 Å². The lowest BCUT2D eigenvalue weighted by atomic mass is 9.75. The Kier molecular flexibility index (Phi) is 5.44. The molecule has 4 heteroatoms. The summed E-state index contributed by atoms with van der Waals surface area (Å²) in [5, 5.41) is 3.56. The summed E-state index contributed by atoms with van der Waals surface area (Å²) in [5.41, 5.74) is 6.96. The van der Waals surface area contributed by atoms with Crippen LogP contribution in [0.4, 0.5) is 0 Å². The van der Waals surface area contributed by atoms with E-state index in [1.807, 2.05) is 24.3 Å². The Morgan fingerprint density at radius 1 is 1.43 bits per heavy atom. The maximum Gasteiger partial charge on any atom is 0.226 e. The van der Waals surface area contributed by atoms with E-state index >= 15 is 0 Å². The van der Waals surface area contributed by atoms with Crippen molar-refractivity contribution in [3.8, 4) is 0 Å². The highest BCUT2D eigenvalue weighted by molar-refractivity contribution is 9.10. The third kappa shape index (κ3) is 4.82. The van der Waals surface area contributed by atoms with E-state index in [1.54, 1.807) is 0 Å². The lowest BCUT2D eigenvalue weighted by Crippen LogP contribution is -2.41. The fraction of sp³-hybridized carbons (Fsp3) is 0.588. The van der Waals surface area contributed by atoms with Gasteiger partial charge in [-0.2, -0.15) is 0 Å². The van der Waals surface area contributed by atoms with E-state index in [1.165, 1.54) is 25.7 Å². The van der Waals surface area contributed by atoms with Gasteiger partial charge in [0, 0.05) is 17.1 Å². The first-order chi connectivity index (χ1) is 9.87. The smallest absolute Gasteiger partial charge is 0.226 e. The number of hydrogen-bond acceptors (Lipinski definition) is 2. The van der Waals surface area contributed by atoms with Gasteiger partial charge in [0.1, 0.15) is 0 Å². The first kappa shape index (κ1) is 16.5. The molecule has 21 heavy (non-hydrogen) atoms. The Hall–Kier alpha value is -0.870. The average Bonchev–Trinajstić information content (AvgIpc) is 2.39. The Balaban J connectivity index is 1.97. The minimum absolute atomic E-state index is 0.261. The second-order valence-electron chi connectivity index (χ2n) is 6.87. The summed E-state index contributed by atoms with van der Waals surface area (Å²) < 4.78 is 1.01. The first-order valence-corrected chi connectivity index (χ1v) is 8.45. The molecule has 116 valence electrons. The van der Waals surface area contributed by atoms with Crippen LogP contribution >= 0.6 is 15.9 Å². The van der Waals surface area contributed by atoms with Crippen LogP contribution in [0.2, 0.25) is 0 Å². The van der Waals surface area contributed by atoms with E-state index in [2.05, 4.69) is 35.1 Å². The Labute approximate surface area is 135 Å². The number of carbonyl (C=O) groups is 1. The largest absolute Gasteiger partial charge is 0.369 e. The standard InChI is InChI=1S/C17H25BrN2O/c1-17(2)9-3-4-14(10-17)20-11-15(16(19)21)12-5-7-13(18)8-6-12/h5-8,14-15,20H,3-4,9-11H2,1-2H3,(H2,19,21)/t14?,15-/m1/s1. The average molecular weight is 353 g/mol. The summed E-state index contributed by atoms with van der Waals surface area (Å²) in [5.74, 6) is -0.525. The van der Waals surface area contributed by atoms with Crippen LogP contribution in [0.3, 0.4) is 0 Å². The van der Waals surface area contributed by atoms with E-state index in [-0.39, 0.29) is 11.8 Å². The van der Waals surface area contributed by atoms with Gasteiger partial charge in [0.2, 0.25) is 5.91 Å². The van der Waals surface area contributed by atoms with Crippen molar-refractivity contribution in [1.82, 2.24) is 5.32 Å². The Bertz CT molecular complexity index is 484. The molecule has 2 atom stereocenters. The van der Waals surface area contributed by atoms with Crippen molar-refractivity contribution in [3.63, 3.8) is 0 Å². The second kappa shape index (κ2) is 6.93. The molecule has 0 aromatic heterocycles. The van der Waals surface area contributed by atoms with E-state index < -0.39 is 0 Å². The minimum Gasteiger partial charge on any atom is -0.369 e. The zero-order valence-corrected chi connectivity index (χ0v) is 14.4. The van der Waals surface area contributed by atoms with E-state index in [0.717, 1.165) is 10.0 Å². The molecule has 1 aliphatic rings. The molecule has 3 N–H and O–H groups in total. The Morgan fingerprint density at radius 2 is 2.10 bits per heavy atom. The number of hydrogen-bond donors (Lipinski definition) is 2. The van der Waals surface area contributed by atoms with Gasteiger partial charge in [-0.05, 0) is 42.4 Å². The maximum atomic E-state index is 11.8. The molecule has 0 radical (unpaired) electrons. The van der Waals surface area contributed by atoms with Gasteiger partial charge in [-0.25, -0.2) is 0 Å². The van der Waals surface area contributed by atoms with Crippen molar-refractivity contribution in [2.75, 3.05) is 6.54 Å². The van der Waals surface area contributed by atoms with E-state index in [4.69, 9.17) is 5.73 Å². The molecule has 0 spiro atoms. The van der Waals surface area contributed by atoms with Gasteiger partial charge in [-0.15, -0.1) is 0 Å². The van der Waals surface area contributed by atoms with Gasteiger partial charge in [-0.1, -0.05) is 48.3 Å². The summed E-state index contributed by atoms with van der Waals surface area (Å²) in [7, 11) is 0. The van der Waals surface area contributed by atoms with Crippen LogP contribution in [0.25, 0.3) is 0 Å². The monoisotopic (exact) mass is 352 g/mol. The highest BCUT2D eigenvalue weighted by Crippen LogP contribution is 2.35. The van der Waals surface area contributed by atoms with Crippen molar-refractivity contribution in [3.05, 3.63) is 34.3 Å². The summed E-state index contributed by atoms with van der Waals surface area (Å²) in [4.78, 5) is 11.8. The summed E-state index contributed by atoms with van der Waals surface area (Å²) in [6.45, 7) is 5.26. The third-order valence-electron chi connectivity index (χ3n) is 4.43. The van der Waals surface area contributed by atoms with Crippen molar-refractivity contribution in [1.29, 1.82) is 0 Å². The molecular formula is C17H25BrN2O. The van der Waals surface area contributed by atoms with Gasteiger partial charge in [0.25, 0.3) is 0 Å². The molecule has 0 aliphatic heterocycles. The van der Waals surface area contributed by atoms with Crippen LogP contribution in [-0.4, -0.2) is 18.5 Å². The number of halogens is 1. The number of amides is 1. The molecule has 0 saturated heterocycles. The van der Waals surface area contributed by atoms with Gasteiger partial charge in [0.15, 0.2) is 0 Å². The van der Waals surface area contributed by atoms with Crippen molar-refractivity contribution < 1.29 is 4.79 Å². The highest BCUT2D eigenvalue weighted by Gasteiger charge is 2.28. The lowest BCUT2D eigenvalue weighted by Gasteiger charge is -2.36. The van der Waals surface area contributed by atoms with Crippen LogP contribution in [0.1, 0.15) is 51.0 Å². The fourth-order valence-electron chi connectivity index (χ4n) is 3.23. The predicted octanol–water partition coefficient (Wildman–Crippen LogP) is 3.58. The normalized spacial score (nSPS) is 22.7. The SMILES string of the molecule is CC1(C)CCCC(NC[C@@H](C(N)=O)c2ccc(Br)cc2)C1. The molecule has 2 rings (SSSR count). The molecule has 1 saturated carbocycles. The first-order valence-electron chi connectivity index (χ1n) is 7.65. The maximum absolute atomic E-state index is 11.8. The number of benzene rings is 1. The zero-order chi connectivity index (χ0) is 15.5. The van der Waals surface area contributed by atoms with Gasteiger partial charge >= 0.3 is 0 Å². The minimum atomic E-state index is -0.264. The summed E-state index contributed by atoms with van der Waals surface area (Å²) >= 11 is 3.41. The molecule has 0 heterocycles. The molecule has 1 aliphatic carbocycles. The van der Waals surface area contributed by atoms with Crippen LogP contribution in [-0.2, 0) is 4.79 Å². The highest BCUT2D eigenvalue weighted by atomic mass is 79.9. The van der Waals surface area contributed by atoms with Gasteiger partial charge < -0.3 is 11.1 Å². The van der Waals surface area contributed by atoms with Crippen molar-refractivity contribution in [2.45, 2.75) is 51.5 Å². The fourth-order valence-corrected chi connectivity index (χ4v) is 3.50. The predicted molar refractivity (Wildman–Crippen MR) is 90.1 cm³/mol. The zero-order valence-electron chi connectivity index (χ0n) is 12.9. The summed E-state index contributed by atoms with van der Waals surface area (Å²) in [6.07, 6.45) is 4.90. The number of nitrogens with two attached hydrogens (primary N) is 1. The van der Waals surface area contributed by atoms with Crippen molar-refractivity contribution >= 4 is 21.8 Å². The van der Waals surface area contributed by atoms with Gasteiger partial charge in [0.05, 0.1) is 5.92 Å². The molecule has 1 amide bonds. The van der Waals surface area contributed by atoms with E-state index in [9.17, 15) is 4.79 Å². The third-order valence-corrected chi connectivity index (χ3v) is 4.96. The van der Waals surface area contributed by atoms with Gasteiger partial charge in [-0.3, -0.25) is 4.79 Å². The van der Waals surface area contributed by atoms with Crippen LogP contribution in [0, 0.1) is 5.41 Å². The van der Waals surface area contributed by atoms with E-state index in [0.29, 0.717) is 18.0 Å². The second-order valence-corrected chi connectivity index (χ2v) is 7.79. The number of rotatable bonds is 5. The Morgan fingerprint density at radius 3 is 2.67 bits per heavy atom.